The van der Waals surface area contributed by atoms with Crippen molar-refractivity contribution in [3.05, 3.63) is 71.1 Å². The number of non-ortho nitro benzene ring substituents is 1. The van der Waals surface area contributed by atoms with Gasteiger partial charge in [0, 0.05) is 39.5 Å². The summed E-state index contributed by atoms with van der Waals surface area (Å²) in [6, 6.07) is 5.39. The number of nitrogens with zero attached hydrogens (tertiary/aromatic N) is 5. The van der Waals surface area contributed by atoms with Gasteiger partial charge in [-0.15, -0.1) is 0 Å². The van der Waals surface area contributed by atoms with E-state index in [9.17, 15) is 29.6 Å². The van der Waals surface area contributed by atoms with E-state index in [1.165, 1.54) is 45.4 Å². The van der Waals surface area contributed by atoms with Crippen LogP contribution in [0.25, 0.3) is 11.0 Å². The molecular weight excluding hydrogens is 370 g/mol. The smallest absolute Gasteiger partial charge is 0.332 e. The number of aromatic nitrogens is 3. The van der Waals surface area contributed by atoms with Gasteiger partial charge >= 0.3 is 5.69 Å². The van der Waals surface area contributed by atoms with E-state index in [1.54, 1.807) is 0 Å². The Morgan fingerprint density at radius 1 is 1.07 bits per heavy atom. The predicted molar refractivity (Wildman–Crippen MR) is 102 cm³/mol. The van der Waals surface area contributed by atoms with E-state index in [4.69, 9.17) is 0 Å². The highest BCUT2D eigenvalue weighted by atomic mass is 16.6. The summed E-state index contributed by atoms with van der Waals surface area (Å²) >= 11 is 0. The quantitative estimate of drug-likeness (QED) is 0.390. The van der Waals surface area contributed by atoms with Crippen LogP contribution in [0.2, 0.25) is 0 Å². The van der Waals surface area contributed by atoms with Crippen LogP contribution in [-0.2, 0) is 21.1 Å². The molecule has 3 rings (SSSR count). The zero-order valence-electron chi connectivity index (χ0n) is 15.1. The summed E-state index contributed by atoms with van der Waals surface area (Å²) in [4.78, 5) is 51.5. The maximum absolute atomic E-state index is 12.6. The van der Waals surface area contributed by atoms with Gasteiger partial charge in [-0.25, -0.2) is 4.79 Å². The average Bonchev–Trinajstić information content (AvgIpc) is 2.67. The van der Waals surface area contributed by atoms with Gasteiger partial charge in [0.1, 0.15) is 22.3 Å². The first-order valence-corrected chi connectivity index (χ1v) is 7.95. The standard InChI is InChI=1S/C17H15N5O6/c1-19-14-12(16(25)21(3)17(26)20(14)2)13(23)11(15(19)24)8-18-9-5-4-6-10(7-9)22(27)28/h4-8,23H,1-3H3. The number of benzene rings is 1. The summed E-state index contributed by atoms with van der Waals surface area (Å²) in [5.74, 6) is -0.622. The minimum absolute atomic E-state index is 0.0388. The number of pyridine rings is 1. The Morgan fingerprint density at radius 2 is 1.75 bits per heavy atom. The van der Waals surface area contributed by atoms with E-state index in [0.29, 0.717) is 0 Å². The topological polar surface area (TPSA) is 142 Å². The molecule has 2 heterocycles. The van der Waals surface area contributed by atoms with Crippen LogP contribution < -0.4 is 16.8 Å². The van der Waals surface area contributed by atoms with Crippen molar-refractivity contribution < 1.29 is 10.0 Å². The van der Waals surface area contributed by atoms with Crippen molar-refractivity contribution in [1.82, 2.24) is 13.7 Å². The van der Waals surface area contributed by atoms with Crippen LogP contribution in [0.15, 0.2) is 43.6 Å². The van der Waals surface area contributed by atoms with Crippen molar-refractivity contribution in [3.8, 4) is 5.75 Å². The SMILES string of the molecule is Cn1c(=O)c2c(O)c(C=Nc3cccc([N+](=O)[O-])c3)c(=O)n(C)c2n(C)c1=O. The van der Waals surface area contributed by atoms with Crippen LogP contribution in [-0.4, -0.2) is 29.9 Å². The summed E-state index contributed by atoms with van der Waals surface area (Å²) in [6.45, 7) is 0. The van der Waals surface area contributed by atoms with Gasteiger partial charge in [-0.1, -0.05) is 6.07 Å². The van der Waals surface area contributed by atoms with Gasteiger partial charge < -0.3 is 5.11 Å². The predicted octanol–water partition coefficient (Wildman–Crippen LogP) is 0.300. The molecule has 144 valence electrons. The Kier molecular flexibility index (Phi) is 4.43. The highest BCUT2D eigenvalue weighted by Gasteiger charge is 2.20. The van der Waals surface area contributed by atoms with Crippen LogP contribution in [0.4, 0.5) is 11.4 Å². The molecule has 11 nitrogen and oxygen atoms in total. The maximum atomic E-state index is 12.6. The number of aliphatic imine (C=N–C) groups is 1. The zero-order chi connectivity index (χ0) is 20.7. The van der Waals surface area contributed by atoms with Crippen LogP contribution in [0, 0.1) is 10.1 Å². The fourth-order valence-corrected chi connectivity index (χ4v) is 2.89. The molecule has 3 aromatic rings. The van der Waals surface area contributed by atoms with E-state index in [-0.39, 0.29) is 28.0 Å². The van der Waals surface area contributed by atoms with E-state index >= 15 is 0 Å². The maximum Gasteiger partial charge on any atom is 0.332 e. The number of nitro groups is 1. The van der Waals surface area contributed by atoms with E-state index in [0.717, 1.165) is 19.9 Å². The molecule has 0 aliphatic carbocycles. The molecule has 1 aromatic carbocycles. The zero-order valence-corrected chi connectivity index (χ0v) is 15.1. The third-order valence-electron chi connectivity index (χ3n) is 4.36. The molecule has 0 fully saturated rings. The second-order valence-corrected chi connectivity index (χ2v) is 6.07. The summed E-state index contributed by atoms with van der Waals surface area (Å²) < 4.78 is 2.96. The van der Waals surface area contributed by atoms with Crippen LogP contribution in [0.3, 0.4) is 0 Å². The molecule has 0 atom stereocenters. The molecular formula is C17H15N5O6. The molecule has 0 spiro atoms. The van der Waals surface area contributed by atoms with Gasteiger partial charge in [0.15, 0.2) is 0 Å². The number of aryl methyl sites for hydroxylation is 2. The Morgan fingerprint density at radius 3 is 2.39 bits per heavy atom. The lowest BCUT2D eigenvalue weighted by Gasteiger charge is -2.13. The number of hydrogen-bond acceptors (Lipinski definition) is 7. The normalized spacial score (nSPS) is 11.4. The first-order chi connectivity index (χ1) is 13.1. The van der Waals surface area contributed by atoms with Crippen LogP contribution >= 0.6 is 0 Å². The lowest BCUT2D eigenvalue weighted by atomic mass is 10.2. The second kappa shape index (κ2) is 6.61. The molecule has 0 radical (unpaired) electrons. The minimum atomic E-state index is -0.767. The number of aromatic hydroxyl groups is 1. The van der Waals surface area contributed by atoms with Gasteiger partial charge in [0.05, 0.1) is 10.6 Å². The first-order valence-electron chi connectivity index (χ1n) is 7.95. The molecule has 0 unspecified atom stereocenters. The number of hydrogen-bond donors (Lipinski definition) is 1. The van der Waals surface area contributed by atoms with Gasteiger partial charge in [0.25, 0.3) is 16.8 Å². The van der Waals surface area contributed by atoms with Gasteiger partial charge in [-0.3, -0.25) is 38.4 Å². The summed E-state index contributed by atoms with van der Waals surface area (Å²) in [5.41, 5.74) is -2.43. The molecule has 1 N–H and O–H groups in total. The Hall–Kier alpha value is -4.02. The fraction of sp³-hybridized carbons (Fsp3) is 0.176. The summed E-state index contributed by atoms with van der Waals surface area (Å²) in [7, 11) is 3.99. The first kappa shape index (κ1) is 18.8. The Bertz CT molecular complexity index is 1350. The molecule has 0 aliphatic heterocycles. The van der Waals surface area contributed by atoms with E-state index in [2.05, 4.69) is 4.99 Å². The van der Waals surface area contributed by atoms with Crippen molar-refractivity contribution in [3.63, 3.8) is 0 Å². The highest BCUT2D eigenvalue weighted by molar-refractivity contribution is 5.94. The monoisotopic (exact) mass is 385 g/mol. The minimum Gasteiger partial charge on any atom is -0.506 e. The highest BCUT2D eigenvalue weighted by Crippen LogP contribution is 2.23. The molecule has 0 saturated heterocycles. The van der Waals surface area contributed by atoms with Gasteiger partial charge in [-0.05, 0) is 6.07 Å². The molecule has 0 bridgehead atoms. The Labute approximate surface area is 156 Å². The molecule has 0 amide bonds. The number of rotatable bonds is 3. The molecule has 11 heteroatoms. The lowest BCUT2D eigenvalue weighted by molar-refractivity contribution is -0.384. The van der Waals surface area contributed by atoms with E-state index in [1.807, 2.05) is 0 Å². The lowest BCUT2D eigenvalue weighted by Crippen LogP contribution is -2.40. The van der Waals surface area contributed by atoms with Crippen molar-refractivity contribution >= 4 is 28.6 Å². The molecule has 0 saturated carbocycles. The fourth-order valence-electron chi connectivity index (χ4n) is 2.89. The summed E-state index contributed by atoms with van der Waals surface area (Å²) in [6.07, 6.45) is 1.03. The second-order valence-electron chi connectivity index (χ2n) is 6.07. The Balaban J connectivity index is 2.30. The van der Waals surface area contributed by atoms with Gasteiger partial charge in [-0.2, -0.15) is 0 Å². The average molecular weight is 385 g/mol. The van der Waals surface area contributed by atoms with Crippen molar-refractivity contribution in [2.24, 2.45) is 26.1 Å². The third kappa shape index (κ3) is 2.78. The van der Waals surface area contributed by atoms with Crippen molar-refractivity contribution in [2.45, 2.75) is 0 Å². The molecule has 2 aromatic heterocycles. The van der Waals surface area contributed by atoms with Crippen LogP contribution in [0.1, 0.15) is 5.56 Å². The number of nitro benzene ring substituents is 1. The van der Waals surface area contributed by atoms with Crippen molar-refractivity contribution in [1.29, 1.82) is 0 Å². The molecule has 28 heavy (non-hydrogen) atoms. The third-order valence-corrected chi connectivity index (χ3v) is 4.36. The summed E-state index contributed by atoms with van der Waals surface area (Å²) in [5, 5.41) is 21.2. The van der Waals surface area contributed by atoms with Crippen LogP contribution in [0.5, 0.6) is 5.75 Å². The number of fused-ring (bicyclic) bond motifs is 1. The van der Waals surface area contributed by atoms with Crippen molar-refractivity contribution in [2.75, 3.05) is 0 Å². The largest absolute Gasteiger partial charge is 0.506 e. The van der Waals surface area contributed by atoms with Gasteiger partial charge in [0.2, 0.25) is 0 Å². The molecule has 0 aliphatic rings. The van der Waals surface area contributed by atoms with E-state index < -0.39 is 27.5 Å².